The van der Waals surface area contributed by atoms with Crippen LogP contribution < -0.4 is 15.8 Å². The average Bonchev–Trinajstić information content (AvgIpc) is 3.42. The molecule has 1 aromatic rings. The standard InChI is InChI=1S/C20H30N2O3/c1-4-24-17-11-20(21,19(17,2)3)18(23)22-12-15-7-5-6-8-16(15)25-13-14-9-10-14/h5-8,14,17H,4,9-13,21H2,1-3H3,(H,22,23). The van der Waals surface area contributed by atoms with Crippen LogP contribution in [0, 0.1) is 11.3 Å². The zero-order valence-corrected chi connectivity index (χ0v) is 15.5. The van der Waals surface area contributed by atoms with Gasteiger partial charge < -0.3 is 20.5 Å². The second-order valence-corrected chi connectivity index (χ2v) is 7.89. The number of nitrogens with two attached hydrogens (primary N) is 1. The first-order valence-electron chi connectivity index (χ1n) is 9.28. The molecule has 0 aromatic heterocycles. The summed E-state index contributed by atoms with van der Waals surface area (Å²) in [6.07, 6.45) is 3.09. The van der Waals surface area contributed by atoms with Crippen LogP contribution in [-0.2, 0) is 16.1 Å². The summed E-state index contributed by atoms with van der Waals surface area (Å²) in [5, 5.41) is 3.00. The van der Waals surface area contributed by atoms with Crippen molar-refractivity contribution in [1.29, 1.82) is 0 Å². The molecule has 3 N–H and O–H groups in total. The van der Waals surface area contributed by atoms with Gasteiger partial charge in [0.05, 0.1) is 12.7 Å². The van der Waals surface area contributed by atoms with E-state index in [1.165, 1.54) is 12.8 Å². The third-order valence-electron chi connectivity index (χ3n) is 5.82. The summed E-state index contributed by atoms with van der Waals surface area (Å²) in [5.74, 6) is 1.42. The summed E-state index contributed by atoms with van der Waals surface area (Å²) < 4.78 is 11.6. The van der Waals surface area contributed by atoms with Crippen molar-refractivity contribution >= 4 is 5.91 Å². The molecule has 2 saturated carbocycles. The van der Waals surface area contributed by atoms with E-state index in [2.05, 4.69) is 5.32 Å². The molecule has 1 amide bonds. The first kappa shape index (κ1) is 18.2. The van der Waals surface area contributed by atoms with Gasteiger partial charge in [-0.25, -0.2) is 0 Å². The molecule has 0 bridgehead atoms. The zero-order chi connectivity index (χ0) is 18.1. The van der Waals surface area contributed by atoms with Crippen LogP contribution in [-0.4, -0.2) is 30.8 Å². The van der Waals surface area contributed by atoms with Crippen LogP contribution in [0.15, 0.2) is 24.3 Å². The first-order valence-corrected chi connectivity index (χ1v) is 9.28. The number of hydrogen-bond donors (Lipinski definition) is 2. The summed E-state index contributed by atoms with van der Waals surface area (Å²) >= 11 is 0. The van der Waals surface area contributed by atoms with Gasteiger partial charge in [-0.2, -0.15) is 0 Å². The van der Waals surface area contributed by atoms with Gasteiger partial charge in [-0.15, -0.1) is 0 Å². The molecule has 0 spiro atoms. The summed E-state index contributed by atoms with van der Waals surface area (Å²) in [4.78, 5) is 12.7. The number of benzene rings is 1. The Kier molecular flexibility index (Phi) is 5.07. The van der Waals surface area contributed by atoms with Gasteiger partial charge in [0.1, 0.15) is 11.3 Å². The molecular formula is C20H30N2O3. The lowest BCUT2D eigenvalue weighted by Gasteiger charge is -2.57. The molecule has 5 nitrogen and oxygen atoms in total. The summed E-state index contributed by atoms with van der Waals surface area (Å²) in [7, 11) is 0. The maximum absolute atomic E-state index is 12.7. The molecule has 2 atom stereocenters. The molecule has 2 unspecified atom stereocenters. The monoisotopic (exact) mass is 346 g/mol. The Morgan fingerprint density at radius 1 is 1.32 bits per heavy atom. The first-order chi connectivity index (χ1) is 11.9. The zero-order valence-electron chi connectivity index (χ0n) is 15.5. The third kappa shape index (κ3) is 3.53. The fraction of sp³-hybridized carbons (Fsp3) is 0.650. The fourth-order valence-corrected chi connectivity index (χ4v) is 3.44. The minimum Gasteiger partial charge on any atom is -0.493 e. The van der Waals surface area contributed by atoms with Gasteiger partial charge in [0.25, 0.3) is 0 Å². The molecule has 1 aromatic carbocycles. The highest BCUT2D eigenvalue weighted by Crippen LogP contribution is 2.49. The van der Waals surface area contributed by atoms with Gasteiger partial charge in [-0.05, 0) is 31.7 Å². The van der Waals surface area contributed by atoms with Crippen LogP contribution in [0.2, 0.25) is 0 Å². The molecule has 0 radical (unpaired) electrons. The van der Waals surface area contributed by atoms with Crippen LogP contribution in [0.3, 0.4) is 0 Å². The lowest BCUT2D eigenvalue weighted by Crippen LogP contribution is -2.75. The molecule has 0 saturated heterocycles. The number of hydrogen-bond acceptors (Lipinski definition) is 4. The van der Waals surface area contributed by atoms with Crippen LogP contribution in [0.4, 0.5) is 0 Å². The summed E-state index contributed by atoms with van der Waals surface area (Å²) in [5.41, 5.74) is 6.14. The Hall–Kier alpha value is -1.59. The van der Waals surface area contributed by atoms with Gasteiger partial charge in [-0.3, -0.25) is 4.79 Å². The van der Waals surface area contributed by atoms with E-state index in [1.54, 1.807) is 0 Å². The molecule has 2 aliphatic rings. The highest BCUT2D eigenvalue weighted by molar-refractivity contribution is 5.88. The van der Waals surface area contributed by atoms with E-state index in [0.717, 1.165) is 17.9 Å². The number of ether oxygens (including phenoxy) is 2. The van der Waals surface area contributed by atoms with E-state index in [-0.39, 0.29) is 17.4 Å². The van der Waals surface area contributed by atoms with Gasteiger partial charge in [-0.1, -0.05) is 32.0 Å². The van der Waals surface area contributed by atoms with Crippen molar-refractivity contribution in [2.75, 3.05) is 13.2 Å². The molecule has 25 heavy (non-hydrogen) atoms. The Balaban J connectivity index is 1.59. The van der Waals surface area contributed by atoms with Crippen molar-refractivity contribution in [3.63, 3.8) is 0 Å². The lowest BCUT2D eigenvalue weighted by molar-refractivity contribution is -0.170. The number of para-hydroxylation sites is 1. The molecule has 3 rings (SSSR count). The van der Waals surface area contributed by atoms with Crippen molar-refractivity contribution in [3.05, 3.63) is 29.8 Å². The average molecular weight is 346 g/mol. The Morgan fingerprint density at radius 3 is 2.68 bits per heavy atom. The third-order valence-corrected chi connectivity index (χ3v) is 5.82. The molecule has 2 fully saturated rings. The van der Waals surface area contributed by atoms with E-state index < -0.39 is 5.54 Å². The molecule has 138 valence electrons. The van der Waals surface area contributed by atoms with Crippen LogP contribution in [0.25, 0.3) is 0 Å². The molecular weight excluding hydrogens is 316 g/mol. The van der Waals surface area contributed by atoms with Crippen molar-refractivity contribution in [1.82, 2.24) is 5.32 Å². The van der Waals surface area contributed by atoms with Crippen molar-refractivity contribution in [2.45, 2.75) is 58.2 Å². The minimum absolute atomic E-state index is 0.0300. The Labute approximate surface area is 150 Å². The molecule has 0 aliphatic heterocycles. The lowest BCUT2D eigenvalue weighted by atomic mass is 9.54. The van der Waals surface area contributed by atoms with Gasteiger partial charge >= 0.3 is 0 Å². The van der Waals surface area contributed by atoms with E-state index in [0.29, 0.717) is 25.5 Å². The van der Waals surface area contributed by atoms with Crippen LogP contribution in [0.1, 0.15) is 45.6 Å². The molecule has 2 aliphatic carbocycles. The Bertz CT molecular complexity index is 627. The predicted molar refractivity (Wildman–Crippen MR) is 97.2 cm³/mol. The van der Waals surface area contributed by atoms with E-state index in [1.807, 2.05) is 45.0 Å². The number of rotatable bonds is 8. The maximum Gasteiger partial charge on any atom is 0.241 e. The number of nitrogens with one attached hydrogen (secondary N) is 1. The normalized spacial score (nSPS) is 27.4. The summed E-state index contributed by atoms with van der Waals surface area (Å²) in [6.45, 7) is 7.79. The maximum atomic E-state index is 12.7. The quantitative estimate of drug-likeness (QED) is 0.759. The smallest absolute Gasteiger partial charge is 0.241 e. The SMILES string of the molecule is CCOC1CC(N)(C(=O)NCc2ccccc2OCC2CC2)C1(C)C. The number of amides is 1. The topological polar surface area (TPSA) is 73.6 Å². The van der Waals surface area contributed by atoms with Crippen LogP contribution >= 0.6 is 0 Å². The van der Waals surface area contributed by atoms with E-state index in [4.69, 9.17) is 15.2 Å². The fourth-order valence-electron chi connectivity index (χ4n) is 3.44. The summed E-state index contributed by atoms with van der Waals surface area (Å²) in [6, 6.07) is 7.86. The van der Waals surface area contributed by atoms with E-state index in [9.17, 15) is 4.79 Å². The largest absolute Gasteiger partial charge is 0.493 e. The van der Waals surface area contributed by atoms with Crippen molar-refractivity contribution in [3.8, 4) is 5.75 Å². The number of carbonyl (C=O) groups is 1. The predicted octanol–water partition coefficient (Wildman–Crippen LogP) is 2.62. The van der Waals surface area contributed by atoms with Crippen molar-refractivity contribution < 1.29 is 14.3 Å². The molecule has 5 heteroatoms. The minimum atomic E-state index is -0.892. The van der Waals surface area contributed by atoms with Gasteiger partial charge in [0, 0.05) is 30.6 Å². The number of carbonyl (C=O) groups excluding carboxylic acids is 1. The van der Waals surface area contributed by atoms with Gasteiger partial charge in [0.15, 0.2) is 0 Å². The van der Waals surface area contributed by atoms with E-state index >= 15 is 0 Å². The molecule has 0 heterocycles. The highest BCUT2D eigenvalue weighted by atomic mass is 16.5. The second-order valence-electron chi connectivity index (χ2n) is 7.89. The van der Waals surface area contributed by atoms with Gasteiger partial charge in [0.2, 0.25) is 5.91 Å². The van der Waals surface area contributed by atoms with Crippen molar-refractivity contribution in [2.24, 2.45) is 17.1 Å². The Morgan fingerprint density at radius 2 is 2.04 bits per heavy atom. The highest BCUT2D eigenvalue weighted by Gasteiger charge is 2.62. The van der Waals surface area contributed by atoms with Crippen LogP contribution in [0.5, 0.6) is 5.75 Å². The second kappa shape index (κ2) is 6.96.